The molecule has 2 aromatic rings. The van der Waals surface area contributed by atoms with Crippen LogP contribution in [0.15, 0.2) is 48.5 Å². The van der Waals surface area contributed by atoms with Gasteiger partial charge in [-0.25, -0.2) is 0 Å². The Hall–Kier alpha value is -1.35. The Bertz CT molecular complexity index is 513. The van der Waals surface area contributed by atoms with Crippen LogP contribution in [-0.2, 0) is 19.7 Å². The van der Waals surface area contributed by atoms with Crippen molar-refractivity contribution >= 4 is 11.6 Å². The summed E-state index contributed by atoms with van der Waals surface area (Å²) in [6.45, 7) is 1.58. The molecule has 94 valence electrons. The number of halogens is 1. The van der Waals surface area contributed by atoms with Gasteiger partial charge in [0.2, 0.25) is 0 Å². The first-order chi connectivity index (χ1) is 8.79. The van der Waals surface area contributed by atoms with Gasteiger partial charge in [-0.1, -0.05) is 54.1 Å². The Morgan fingerprint density at radius 3 is 2.50 bits per heavy atom. The van der Waals surface area contributed by atoms with Crippen molar-refractivity contribution < 1.29 is 5.11 Å². The maximum atomic E-state index is 9.06. The lowest BCUT2D eigenvalue weighted by atomic mass is 10.1. The second-order valence-corrected chi connectivity index (χ2v) is 4.58. The number of aliphatic hydroxyl groups excluding tert-OH is 1. The first kappa shape index (κ1) is 13.1. The first-order valence-corrected chi connectivity index (χ1v) is 6.30. The van der Waals surface area contributed by atoms with Gasteiger partial charge in [0.05, 0.1) is 6.61 Å². The number of benzene rings is 2. The molecule has 0 aliphatic carbocycles. The maximum absolute atomic E-state index is 9.06. The highest BCUT2D eigenvalue weighted by Crippen LogP contribution is 2.14. The molecule has 18 heavy (non-hydrogen) atoms. The Balaban J connectivity index is 1.90. The molecular formula is C15H16ClNO. The summed E-state index contributed by atoms with van der Waals surface area (Å²) in [6, 6.07) is 15.7. The SMILES string of the molecule is OCc1cccc(CNCc2ccccc2Cl)c1. The molecule has 2 N–H and O–H groups in total. The zero-order chi connectivity index (χ0) is 12.8. The highest BCUT2D eigenvalue weighted by atomic mass is 35.5. The number of rotatable bonds is 5. The van der Waals surface area contributed by atoms with Gasteiger partial charge in [0.25, 0.3) is 0 Å². The van der Waals surface area contributed by atoms with Gasteiger partial charge in [0, 0.05) is 18.1 Å². The number of aliphatic hydroxyl groups is 1. The van der Waals surface area contributed by atoms with E-state index in [1.165, 1.54) is 0 Å². The maximum Gasteiger partial charge on any atom is 0.0681 e. The van der Waals surface area contributed by atoms with Crippen LogP contribution in [0, 0.1) is 0 Å². The number of nitrogens with one attached hydrogen (secondary N) is 1. The van der Waals surface area contributed by atoms with Crippen LogP contribution in [0.5, 0.6) is 0 Å². The molecule has 2 aromatic carbocycles. The molecule has 0 amide bonds. The molecule has 2 nitrogen and oxygen atoms in total. The van der Waals surface area contributed by atoms with E-state index in [-0.39, 0.29) is 6.61 Å². The van der Waals surface area contributed by atoms with Crippen LogP contribution in [0.1, 0.15) is 16.7 Å². The molecule has 0 bridgehead atoms. The van der Waals surface area contributed by atoms with E-state index in [0.29, 0.717) is 0 Å². The molecule has 0 spiro atoms. The average Bonchev–Trinajstić information content (AvgIpc) is 2.41. The first-order valence-electron chi connectivity index (χ1n) is 5.92. The zero-order valence-electron chi connectivity index (χ0n) is 10.1. The Morgan fingerprint density at radius 1 is 0.944 bits per heavy atom. The highest BCUT2D eigenvalue weighted by Gasteiger charge is 1.99. The van der Waals surface area contributed by atoms with E-state index in [2.05, 4.69) is 5.32 Å². The van der Waals surface area contributed by atoms with Crippen molar-refractivity contribution in [3.8, 4) is 0 Å². The second kappa shape index (κ2) is 6.55. The van der Waals surface area contributed by atoms with E-state index in [4.69, 9.17) is 16.7 Å². The molecule has 0 aromatic heterocycles. The second-order valence-electron chi connectivity index (χ2n) is 4.17. The van der Waals surface area contributed by atoms with Crippen molar-refractivity contribution in [2.45, 2.75) is 19.7 Å². The van der Waals surface area contributed by atoms with Crippen LogP contribution in [0.25, 0.3) is 0 Å². The Labute approximate surface area is 112 Å². The zero-order valence-corrected chi connectivity index (χ0v) is 10.8. The van der Waals surface area contributed by atoms with Crippen molar-refractivity contribution in [1.29, 1.82) is 0 Å². The topological polar surface area (TPSA) is 32.3 Å². The van der Waals surface area contributed by atoms with Crippen LogP contribution in [0.3, 0.4) is 0 Å². The standard InChI is InChI=1S/C15H16ClNO/c16-15-7-2-1-6-14(15)10-17-9-12-4-3-5-13(8-12)11-18/h1-8,17-18H,9-11H2. The third kappa shape index (κ3) is 3.57. The van der Waals surface area contributed by atoms with Gasteiger partial charge in [-0.3, -0.25) is 0 Å². The normalized spacial score (nSPS) is 10.6. The van der Waals surface area contributed by atoms with Crippen molar-refractivity contribution in [2.24, 2.45) is 0 Å². The summed E-state index contributed by atoms with van der Waals surface area (Å²) >= 11 is 6.08. The minimum absolute atomic E-state index is 0.0817. The van der Waals surface area contributed by atoms with Gasteiger partial charge in [-0.2, -0.15) is 0 Å². The molecular weight excluding hydrogens is 246 g/mol. The van der Waals surface area contributed by atoms with Crippen LogP contribution in [-0.4, -0.2) is 5.11 Å². The summed E-state index contributed by atoms with van der Waals surface area (Å²) in [5.74, 6) is 0. The van der Waals surface area contributed by atoms with E-state index < -0.39 is 0 Å². The minimum Gasteiger partial charge on any atom is -0.392 e. The van der Waals surface area contributed by atoms with Gasteiger partial charge in [-0.15, -0.1) is 0 Å². The lowest BCUT2D eigenvalue weighted by molar-refractivity contribution is 0.281. The lowest BCUT2D eigenvalue weighted by Gasteiger charge is -2.07. The van der Waals surface area contributed by atoms with E-state index in [1.54, 1.807) is 0 Å². The fraction of sp³-hybridized carbons (Fsp3) is 0.200. The van der Waals surface area contributed by atoms with Gasteiger partial charge in [0.1, 0.15) is 0 Å². The predicted molar refractivity (Wildman–Crippen MR) is 74.4 cm³/mol. The van der Waals surface area contributed by atoms with Crippen molar-refractivity contribution in [1.82, 2.24) is 5.32 Å². The summed E-state index contributed by atoms with van der Waals surface area (Å²) in [5, 5.41) is 13.2. The molecule has 0 atom stereocenters. The molecule has 0 saturated carbocycles. The third-order valence-corrected chi connectivity index (χ3v) is 3.15. The quantitative estimate of drug-likeness (QED) is 0.867. The van der Waals surface area contributed by atoms with Crippen molar-refractivity contribution in [3.05, 3.63) is 70.2 Å². The molecule has 3 heteroatoms. The molecule has 0 heterocycles. The summed E-state index contributed by atoms with van der Waals surface area (Å²) in [7, 11) is 0. The van der Waals surface area contributed by atoms with Gasteiger partial charge < -0.3 is 10.4 Å². The lowest BCUT2D eigenvalue weighted by Crippen LogP contribution is -2.13. The fourth-order valence-electron chi connectivity index (χ4n) is 1.82. The monoisotopic (exact) mass is 261 g/mol. The molecule has 0 unspecified atom stereocenters. The minimum atomic E-state index is 0.0817. The summed E-state index contributed by atoms with van der Waals surface area (Å²) in [4.78, 5) is 0. The smallest absolute Gasteiger partial charge is 0.0681 e. The van der Waals surface area contributed by atoms with Gasteiger partial charge >= 0.3 is 0 Å². The predicted octanol–water partition coefficient (Wildman–Crippen LogP) is 3.12. The molecule has 2 rings (SSSR count). The van der Waals surface area contributed by atoms with E-state index in [9.17, 15) is 0 Å². The fourth-order valence-corrected chi connectivity index (χ4v) is 2.02. The van der Waals surface area contributed by atoms with E-state index >= 15 is 0 Å². The van der Waals surface area contributed by atoms with Crippen molar-refractivity contribution in [2.75, 3.05) is 0 Å². The number of hydrogen-bond donors (Lipinski definition) is 2. The Morgan fingerprint density at radius 2 is 1.72 bits per heavy atom. The van der Waals surface area contributed by atoms with Crippen LogP contribution < -0.4 is 5.32 Å². The van der Waals surface area contributed by atoms with Gasteiger partial charge in [0.15, 0.2) is 0 Å². The van der Waals surface area contributed by atoms with E-state index in [0.717, 1.165) is 34.8 Å². The van der Waals surface area contributed by atoms with Crippen molar-refractivity contribution in [3.63, 3.8) is 0 Å². The van der Waals surface area contributed by atoms with Crippen LogP contribution >= 0.6 is 11.6 Å². The highest BCUT2D eigenvalue weighted by molar-refractivity contribution is 6.31. The van der Waals surface area contributed by atoms with Crippen LogP contribution in [0.4, 0.5) is 0 Å². The molecule has 0 fully saturated rings. The summed E-state index contributed by atoms with van der Waals surface area (Å²) in [5.41, 5.74) is 3.19. The van der Waals surface area contributed by atoms with Crippen LogP contribution in [0.2, 0.25) is 5.02 Å². The molecule has 0 aliphatic heterocycles. The molecule has 0 aliphatic rings. The molecule has 0 radical (unpaired) electrons. The third-order valence-electron chi connectivity index (χ3n) is 2.78. The van der Waals surface area contributed by atoms with Gasteiger partial charge in [-0.05, 0) is 22.8 Å². The number of hydrogen-bond acceptors (Lipinski definition) is 2. The Kier molecular flexibility index (Phi) is 4.76. The largest absolute Gasteiger partial charge is 0.392 e. The summed E-state index contributed by atoms with van der Waals surface area (Å²) < 4.78 is 0. The van der Waals surface area contributed by atoms with E-state index in [1.807, 2.05) is 48.5 Å². The summed E-state index contributed by atoms with van der Waals surface area (Å²) in [6.07, 6.45) is 0. The average molecular weight is 262 g/mol. The molecule has 0 saturated heterocycles.